The molecular weight excluding hydrogens is 236 g/mol. The van der Waals surface area contributed by atoms with Crippen molar-refractivity contribution in [3.8, 4) is 5.00 Å². The molecular formula is C10H16N6S. The Labute approximate surface area is 104 Å². The van der Waals surface area contributed by atoms with Gasteiger partial charge in [-0.25, -0.2) is 14.6 Å². The van der Waals surface area contributed by atoms with Crippen LogP contribution in [0.1, 0.15) is 26.2 Å². The number of nitrogens with one attached hydrogen (secondary N) is 1. The minimum atomic E-state index is -0.0373. The average Bonchev–Trinajstić information content (AvgIpc) is 2.95. The van der Waals surface area contributed by atoms with E-state index in [1.807, 2.05) is 0 Å². The van der Waals surface area contributed by atoms with Crippen LogP contribution in [0.3, 0.4) is 0 Å². The first kappa shape index (κ1) is 12.0. The molecule has 0 amide bonds. The van der Waals surface area contributed by atoms with Gasteiger partial charge in [0.15, 0.2) is 5.13 Å². The van der Waals surface area contributed by atoms with Gasteiger partial charge in [0.25, 0.3) is 0 Å². The van der Waals surface area contributed by atoms with Crippen LogP contribution in [0.15, 0.2) is 18.9 Å². The van der Waals surface area contributed by atoms with E-state index in [0.29, 0.717) is 0 Å². The number of aromatic nitrogens is 4. The Morgan fingerprint density at radius 1 is 1.59 bits per heavy atom. The molecule has 0 aliphatic rings. The Kier molecular flexibility index (Phi) is 4.05. The van der Waals surface area contributed by atoms with Crippen molar-refractivity contribution < 1.29 is 0 Å². The molecule has 3 N–H and O–H groups in total. The summed E-state index contributed by atoms with van der Waals surface area (Å²) in [5, 5.41) is 8.97. The zero-order chi connectivity index (χ0) is 12.1. The van der Waals surface area contributed by atoms with Crippen molar-refractivity contribution in [3.05, 3.63) is 18.9 Å². The molecule has 0 fully saturated rings. The largest absolute Gasteiger partial charge is 0.346 e. The van der Waals surface area contributed by atoms with E-state index in [1.54, 1.807) is 17.2 Å². The van der Waals surface area contributed by atoms with Gasteiger partial charge < -0.3 is 11.1 Å². The quantitative estimate of drug-likeness (QED) is 0.763. The van der Waals surface area contributed by atoms with E-state index < -0.39 is 0 Å². The lowest BCUT2D eigenvalue weighted by molar-refractivity contribution is 0.625. The molecule has 0 radical (unpaired) electrons. The molecule has 2 aromatic heterocycles. The summed E-state index contributed by atoms with van der Waals surface area (Å²) in [6, 6.07) is 0. The molecule has 0 spiro atoms. The van der Waals surface area contributed by atoms with Crippen LogP contribution in [-0.2, 0) is 0 Å². The van der Waals surface area contributed by atoms with E-state index in [0.717, 1.165) is 29.4 Å². The van der Waals surface area contributed by atoms with Gasteiger partial charge in [-0.15, -0.1) is 0 Å². The summed E-state index contributed by atoms with van der Waals surface area (Å²) in [7, 11) is 0. The van der Waals surface area contributed by atoms with Gasteiger partial charge in [-0.05, 0) is 6.42 Å². The summed E-state index contributed by atoms with van der Waals surface area (Å²) < 4.78 is 1.68. The minimum absolute atomic E-state index is 0.0373. The molecule has 92 valence electrons. The summed E-state index contributed by atoms with van der Waals surface area (Å²) in [6.07, 6.45) is 8.09. The summed E-state index contributed by atoms with van der Waals surface area (Å²) >= 11 is 1.51. The number of nitrogens with zero attached hydrogens (tertiary/aromatic N) is 4. The zero-order valence-corrected chi connectivity index (χ0v) is 10.5. The SMILES string of the molecule is CCCCC(N)Nc1ncc(-n2cncn2)s1. The van der Waals surface area contributed by atoms with Crippen molar-refractivity contribution in [1.82, 2.24) is 19.7 Å². The molecule has 17 heavy (non-hydrogen) atoms. The smallest absolute Gasteiger partial charge is 0.185 e. The Bertz CT molecular complexity index is 437. The highest BCUT2D eigenvalue weighted by Gasteiger charge is 2.07. The molecule has 0 aromatic carbocycles. The Balaban J connectivity index is 1.94. The Morgan fingerprint density at radius 3 is 3.18 bits per heavy atom. The van der Waals surface area contributed by atoms with Gasteiger partial charge in [0, 0.05) is 0 Å². The van der Waals surface area contributed by atoms with Crippen LogP contribution in [0.5, 0.6) is 0 Å². The first-order valence-electron chi connectivity index (χ1n) is 5.62. The highest BCUT2D eigenvalue weighted by molar-refractivity contribution is 7.17. The Hall–Kier alpha value is -1.47. The molecule has 2 heterocycles. The molecule has 7 heteroatoms. The number of hydrogen-bond donors (Lipinski definition) is 2. The van der Waals surface area contributed by atoms with Crippen LogP contribution in [0.25, 0.3) is 5.00 Å². The second-order valence-electron chi connectivity index (χ2n) is 3.74. The first-order chi connectivity index (χ1) is 8.29. The number of thiazole rings is 1. The second-order valence-corrected chi connectivity index (χ2v) is 4.75. The fraction of sp³-hybridized carbons (Fsp3) is 0.500. The first-order valence-corrected chi connectivity index (χ1v) is 6.44. The van der Waals surface area contributed by atoms with E-state index in [4.69, 9.17) is 5.73 Å². The third-order valence-electron chi connectivity index (χ3n) is 2.32. The average molecular weight is 252 g/mol. The molecule has 0 aliphatic carbocycles. The van der Waals surface area contributed by atoms with Crippen LogP contribution in [0, 0.1) is 0 Å². The normalized spacial score (nSPS) is 12.6. The second kappa shape index (κ2) is 5.74. The lowest BCUT2D eigenvalue weighted by Crippen LogP contribution is -2.29. The van der Waals surface area contributed by atoms with Gasteiger partial charge in [-0.3, -0.25) is 0 Å². The number of rotatable bonds is 6. The molecule has 0 saturated carbocycles. The lowest BCUT2D eigenvalue weighted by atomic mass is 10.2. The fourth-order valence-corrected chi connectivity index (χ4v) is 2.22. The van der Waals surface area contributed by atoms with Gasteiger partial charge in [0.2, 0.25) is 0 Å². The van der Waals surface area contributed by atoms with Gasteiger partial charge in [-0.2, -0.15) is 5.10 Å². The monoisotopic (exact) mass is 252 g/mol. The maximum Gasteiger partial charge on any atom is 0.185 e. The lowest BCUT2D eigenvalue weighted by Gasteiger charge is -2.11. The number of unbranched alkanes of at least 4 members (excludes halogenated alkanes) is 1. The molecule has 0 saturated heterocycles. The zero-order valence-electron chi connectivity index (χ0n) is 9.71. The van der Waals surface area contributed by atoms with Crippen LogP contribution in [0.2, 0.25) is 0 Å². The van der Waals surface area contributed by atoms with E-state index >= 15 is 0 Å². The van der Waals surface area contributed by atoms with Crippen LogP contribution in [-0.4, -0.2) is 25.9 Å². The fourth-order valence-electron chi connectivity index (χ4n) is 1.42. The van der Waals surface area contributed by atoms with Crippen molar-refractivity contribution in [1.29, 1.82) is 0 Å². The summed E-state index contributed by atoms with van der Waals surface area (Å²) in [6.45, 7) is 2.15. The number of nitrogens with two attached hydrogens (primary N) is 1. The van der Waals surface area contributed by atoms with Gasteiger partial charge in [0.1, 0.15) is 17.7 Å². The third kappa shape index (κ3) is 3.24. The molecule has 6 nitrogen and oxygen atoms in total. The van der Waals surface area contributed by atoms with E-state index in [1.165, 1.54) is 17.7 Å². The van der Waals surface area contributed by atoms with Crippen molar-refractivity contribution in [3.63, 3.8) is 0 Å². The van der Waals surface area contributed by atoms with E-state index in [2.05, 4.69) is 27.3 Å². The molecule has 2 aromatic rings. The van der Waals surface area contributed by atoms with E-state index in [9.17, 15) is 0 Å². The van der Waals surface area contributed by atoms with Crippen LogP contribution in [0.4, 0.5) is 5.13 Å². The highest BCUT2D eigenvalue weighted by atomic mass is 32.1. The van der Waals surface area contributed by atoms with Crippen LogP contribution >= 0.6 is 11.3 Å². The summed E-state index contributed by atoms with van der Waals surface area (Å²) in [5.74, 6) is 0. The number of hydrogen-bond acceptors (Lipinski definition) is 6. The van der Waals surface area contributed by atoms with Crippen molar-refractivity contribution in [2.24, 2.45) is 5.73 Å². The third-order valence-corrected chi connectivity index (χ3v) is 3.23. The molecule has 0 bridgehead atoms. The maximum absolute atomic E-state index is 5.94. The van der Waals surface area contributed by atoms with Gasteiger partial charge in [-0.1, -0.05) is 31.1 Å². The van der Waals surface area contributed by atoms with Gasteiger partial charge >= 0.3 is 0 Å². The predicted molar refractivity (Wildman–Crippen MR) is 68.2 cm³/mol. The molecule has 0 aliphatic heterocycles. The summed E-state index contributed by atoms with van der Waals surface area (Å²) in [5.41, 5.74) is 5.94. The molecule has 1 unspecified atom stereocenters. The van der Waals surface area contributed by atoms with Crippen molar-refractivity contribution >= 4 is 16.5 Å². The molecule has 2 rings (SSSR count). The van der Waals surface area contributed by atoms with E-state index in [-0.39, 0.29) is 6.17 Å². The van der Waals surface area contributed by atoms with Crippen LogP contribution < -0.4 is 11.1 Å². The van der Waals surface area contributed by atoms with Crippen molar-refractivity contribution in [2.75, 3.05) is 5.32 Å². The van der Waals surface area contributed by atoms with Gasteiger partial charge in [0.05, 0.1) is 12.4 Å². The Morgan fingerprint density at radius 2 is 2.47 bits per heavy atom. The minimum Gasteiger partial charge on any atom is -0.346 e. The topological polar surface area (TPSA) is 81.6 Å². The number of anilines is 1. The highest BCUT2D eigenvalue weighted by Crippen LogP contribution is 2.21. The maximum atomic E-state index is 5.94. The summed E-state index contributed by atoms with van der Waals surface area (Å²) in [4.78, 5) is 8.15. The van der Waals surface area contributed by atoms with Crippen molar-refractivity contribution in [2.45, 2.75) is 32.4 Å². The predicted octanol–water partition coefficient (Wildman–Crippen LogP) is 1.61. The standard InChI is InChI=1S/C10H16N6S/c1-2-3-4-8(11)15-10-13-5-9(17-10)16-7-12-6-14-16/h5-8H,2-4,11H2,1H3,(H,13,15). The molecule has 1 atom stereocenters.